The predicted octanol–water partition coefficient (Wildman–Crippen LogP) is 4.75. The van der Waals surface area contributed by atoms with Crippen molar-refractivity contribution in [3.8, 4) is 5.75 Å². The second kappa shape index (κ2) is 7.51. The van der Waals surface area contributed by atoms with Crippen LogP contribution < -0.4 is 10.1 Å². The van der Waals surface area contributed by atoms with E-state index in [1.54, 1.807) is 25.1 Å². The van der Waals surface area contributed by atoms with E-state index in [1.165, 1.54) is 19.1 Å². The number of non-ortho nitro benzene ring substituents is 1. The van der Waals surface area contributed by atoms with Gasteiger partial charge in [-0.05, 0) is 19.1 Å². The highest BCUT2D eigenvalue weighted by atomic mass is 35.5. The fourth-order valence-electron chi connectivity index (χ4n) is 2.12. The Hall–Kier alpha value is -2.31. The van der Waals surface area contributed by atoms with Crippen LogP contribution >= 0.6 is 23.2 Å². The molecule has 0 saturated heterocycles. The molecule has 0 unspecified atom stereocenters. The number of ether oxygens (including phenoxy) is 1. The number of anilines is 1. The van der Waals surface area contributed by atoms with E-state index in [0.717, 1.165) is 0 Å². The summed E-state index contributed by atoms with van der Waals surface area (Å²) in [6.45, 7) is 3.10. The standard InChI is InChI=1S/C16H14Cl2N2O4/c1-9-5-13(20(22)23)7-15(19-10(2)21)16(9)24-8-11-3-4-12(17)6-14(11)18/h3-7H,8H2,1-2H3,(H,19,21). The van der Waals surface area contributed by atoms with E-state index < -0.39 is 4.92 Å². The quantitative estimate of drug-likeness (QED) is 0.609. The summed E-state index contributed by atoms with van der Waals surface area (Å²) in [6.07, 6.45) is 0. The third-order valence-electron chi connectivity index (χ3n) is 3.17. The minimum Gasteiger partial charge on any atom is -0.486 e. The molecule has 0 aliphatic carbocycles. The second-order valence-corrected chi connectivity index (χ2v) is 5.95. The zero-order chi connectivity index (χ0) is 17.9. The fraction of sp³-hybridized carbons (Fsp3) is 0.188. The molecule has 0 atom stereocenters. The van der Waals surface area contributed by atoms with Crippen molar-refractivity contribution in [1.82, 2.24) is 0 Å². The molecule has 6 nitrogen and oxygen atoms in total. The molecular weight excluding hydrogens is 355 g/mol. The van der Waals surface area contributed by atoms with Crippen LogP contribution in [0.5, 0.6) is 5.75 Å². The number of hydrogen-bond acceptors (Lipinski definition) is 4. The highest BCUT2D eigenvalue weighted by Gasteiger charge is 2.17. The maximum absolute atomic E-state index is 11.4. The van der Waals surface area contributed by atoms with E-state index >= 15 is 0 Å². The molecule has 0 spiro atoms. The molecule has 0 aliphatic rings. The van der Waals surface area contributed by atoms with Gasteiger partial charge in [-0.2, -0.15) is 0 Å². The monoisotopic (exact) mass is 368 g/mol. The molecule has 0 heterocycles. The zero-order valence-electron chi connectivity index (χ0n) is 12.9. The number of carbonyl (C=O) groups excluding carboxylic acids is 1. The summed E-state index contributed by atoms with van der Waals surface area (Å²) in [6, 6.07) is 7.64. The van der Waals surface area contributed by atoms with Crippen LogP contribution in [0, 0.1) is 17.0 Å². The molecule has 2 aromatic rings. The Balaban J connectivity index is 2.34. The van der Waals surface area contributed by atoms with Gasteiger partial charge in [0.25, 0.3) is 5.69 Å². The van der Waals surface area contributed by atoms with Gasteiger partial charge in [0.15, 0.2) is 0 Å². The molecule has 1 N–H and O–H groups in total. The summed E-state index contributed by atoms with van der Waals surface area (Å²) in [5.74, 6) is -0.00825. The highest BCUT2D eigenvalue weighted by Crippen LogP contribution is 2.34. The molecule has 24 heavy (non-hydrogen) atoms. The van der Waals surface area contributed by atoms with Gasteiger partial charge in [-0.25, -0.2) is 0 Å². The largest absolute Gasteiger partial charge is 0.486 e. The maximum atomic E-state index is 11.4. The number of rotatable bonds is 5. The first kappa shape index (κ1) is 18.0. The lowest BCUT2D eigenvalue weighted by molar-refractivity contribution is -0.384. The van der Waals surface area contributed by atoms with Gasteiger partial charge in [0.05, 0.1) is 10.6 Å². The SMILES string of the molecule is CC(=O)Nc1cc([N+](=O)[O-])cc(C)c1OCc1ccc(Cl)cc1Cl. The van der Waals surface area contributed by atoms with Gasteiger partial charge in [-0.1, -0.05) is 29.3 Å². The number of amides is 1. The number of aryl methyl sites for hydroxylation is 1. The van der Waals surface area contributed by atoms with Gasteiger partial charge in [-0.15, -0.1) is 0 Å². The molecule has 8 heteroatoms. The molecule has 0 saturated carbocycles. The molecule has 0 aromatic heterocycles. The van der Waals surface area contributed by atoms with E-state index in [1.807, 2.05) is 0 Å². The number of carbonyl (C=O) groups is 1. The topological polar surface area (TPSA) is 81.5 Å². The summed E-state index contributed by atoms with van der Waals surface area (Å²) in [4.78, 5) is 21.8. The van der Waals surface area contributed by atoms with Gasteiger partial charge in [-0.3, -0.25) is 14.9 Å². The predicted molar refractivity (Wildman–Crippen MR) is 92.9 cm³/mol. The molecule has 0 radical (unpaired) electrons. The van der Waals surface area contributed by atoms with Crippen molar-refractivity contribution in [2.75, 3.05) is 5.32 Å². The van der Waals surface area contributed by atoms with Gasteiger partial charge in [0.1, 0.15) is 12.4 Å². The number of nitrogens with one attached hydrogen (secondary N) is 1. The van der Waals surface area contributed by atoms with Crippen molar-refractivity contribution in [3.05, 3.63) is 61.6 Å². The first-order chi connectivity index (χ1) is 11.3. The molecule has 0 aliphatic heterocycles. The average molecular weight is 369 g/mol. The maximum Gasteiger partial charge on any atom is 0.272 e. The lowest BCUT2D eigenvalue weighted by Crippen LogP contribution is -2.09. The van der Waals surface area contributed by atoms with Crippen LogP contribution in [0.4, 0.5) is 11.4 Å². The van der Waals surface area contributed by atoms with Crippen LogP contribution in [0.15, 0.2) is 30.3 Å². The second-order valence-electron chi connectivity index (χ2n) is 5.10. The highest BCUT2D eigenvalue weighted by molar-refractivity contribution is 6.35. The minimum atomic E-state index is -0.530. The van der Waals surface area contributed by atoms with E-state index in [-0.39, 0.29) is 23.9 Å². The molecule has 2 aromatic carbocycles. The average Bonchev–Trinajstić information content (AvgIpc) is 2.47. The van der Waals surface area contributed by atoms with Crippen LogP contribution in [0.3, 0.4) is 0 Å². The lowest BCUT2D eigenvalue weighted by Gasteiger charge is -2.15. The Kier molecular flexibility index (Phi) is 5.64. The zero-order valence-corrected chi connectivity index (χ0v) is 14.4. The molecule has 2 rings (SSSR count). The fourth-order valence-corrected chi connectivity index (χ4v) is 2.59. The van der Waals surface area contributed by atoms with Crippen molar-refractivity contribution in [2.24, 2.45) is 0 Å². The molecule has 126 valence electrons. The van der Waals surface area contributed by atoms with Crippen molar-refractivity contribution >= 4 is 40.5 Å². The lowest BCUT2D eigenvalue weighted by atomic mass is 10.1. The number of nitrogens with zero attached hydrogens (tertiary/aromatic N) is 1. The molecule has 0 bridgehead atoms. The van der Waals surface area contributed by atoms with E-state index in [4.69, 9.17) is 27.9 Å². The number of halogens is 2. The van der Waals surface area contributed by atoms with Crippen molar-refractivity contribution in [2.45, 2.75) is 20.5 Å². The number of hydrogen-bond donors (Lipinski definition) is 1. The van der Waals surface area contributed by atoms with Crippen molar-refractivity contribution < 1.29 is 14.5 Å². The Morgan fingerprint density at radius 1 is 1.29 bits per heavy atom. The van der Waals surface area contributed by atoms with Crippen LogP contribution in [0.25, 0.3) is 0 Å². The summed E-state index contributed by atoms with van der Waals surface area (Å²) in [7, 11) is 0. The third kappa shape index (κ3) is 4.37. The Bertz CT molecular complexity index is 809. The number of benzene rings is 2. The van der Waals surface area contributed by atoms with Gasteiger partial charge < -0.3 is 10.1 Å². The first-order valence-corrected chi connectivity index (χ1v) is 7.67. The van der Waals surface area contributed by atoms with Gasteiger partial charge >= 0.3 is 0 Å². The van der Waals surface area contributed by atoms with Gasteiger partial charge in [0.2, 0.25) is 5.91 Å². The Morgan fingerprint density at radius 2 is 2.00 bits per heavy atom. The minimum absolute atomic E-state index is 0.126. The normalized spacial score (nSPS) is 10.3. The summed E-state index contributed by atoms with van der Waals surface area (Å²) >= 11 is 12.0. The first-order valence-electron chi connectivity index (χ1n) is 6.91. The smallest absolute Gasteiger partial charge is 0.272 e. The number of nitro benzene ring substituents is 1. The number of nitro groups is 1. The van der Waals surface area contributed by atoms with Gasteiger partial charge in [0, 0.05) is 40.2 Å². The molecule has 1 amide bonds. The Labute approximate surface area is 148 Å². The van der Waals surface area contributed by atoms with Crippen LogP contribution in [-0.4, -0.2) is 10.8 Å². The third-order valence-corrected chi connectivity index (χ3v) is 3.75. The summed E-state index contributed by atoms with van der Waals surface area (Å²) in [5.41, 5.74) is 1.33. The van der Waals surface area contributed by atoms with Crippen molar-refractivity contribution in [1.29, 1.82) is 0 Å². The van der Waals surface area contributed by atoms with Crippen LogP contribution in [0.1, 0.15) is 18.1 Å². The van der Waals surface area contributed by atoms with E-state index in [0.29, 0.717) is 26.9 Å². The van der Waals surface area contributed by atoms with Crippen molar-refractivity contribution in [3.63, 3.8) is 0 Å². The van der Waals surface area contributed by atoms with Crippen LogP contribution in [0.2, 0.25) is 10.0 Å². The summed E-state index contributed by atoms with van der Waals surface area (Å²) < 4.78 is 5.75. The summed E-state index contributed by atoms with van der Waals surface area (Å²) in [5, 5.41) is 14.5. The van der Waals surface area contributed by atoms with E-state index in [9.17, 15) is 14.9 Å². The Morgan fingerprint density at radius 3 is 2.58 bits per heavy atom. The van der Waals surface area contributed by atoms with Crippen LogP contribution in [-0.2, 0) is 11.4 Å². The molecule has 0 fully saturated rings. The molecular formula is C16H14Cl2N2O4. The van der Waals surface area contributed by atoms with E-state index in [2.05, 4.69) is 5.32 Å².